The number of hydrogen-bond donors (Lipinski definition) is 1. The molecule has 6 rings (SSSR count). The van der Waals surface area contributed by atoms with Crippen molar-refractivity contribution in [3.05, 3.63) is 83.6 Å². The molecule has 0 unspecified atom stereocenters. The topological polar surface area (TPSA) is 97.7 Å². The Bertz CT molecular complexity index is 1510. The number of hydrogen-bond acceptors (Lipinski definition) is 7. The molecule has 0 aliphatic carbocycles. The van der Waals surface area contributed by atoms with Gasteiger partial charge in [0.05, 0.1) is 0 Å². The molecule has 41 heavy (non-hydrogen) atoms. The molecular weight excluding hydrogens is 521 g/mol. The van der Waals surface area contributed by atoms with Crippen LogP contribution in [0, 0.1) is 12.7 Å². The van der Waals surface area contributed by atoms with Gasteiger partial charge in [-0.1, -0.05) is 12.1 Å². The molecule has 2 aromatic carbocycles. The number of piperidine rings is 1. The summed E-state index contributed by atoms with van der Waals surface area (Å²) in [5, 5.41) is 0. The number of nitrogens with two attached hydrogens (primary N) is 1. The van der Waals surface area contributed by atoms with E-state index in [1.807, 2.05) is 35.2 Å². The number of benzene rings is 2. The van der Waals surface area contributed by atoms with Crippen LogP contribution < -0.4 is 10.5 Å². The zero-order chi connectivity index (χ0) is 28.3. The Morgan fingerprint density at radius 2 is 1.68 bits per heavy atom. The number of carbonyl (C=O) groups is 1. The molecule has 212 valence electrons. The molecule has 0 bridgehead atoms. The van der Waals surface area contributed by atoms with Crippen LogP contribution in [-0.4, -0.2) is 57.9 Å². The molecule has 9 heteroatoms. The van der Waals surface area contributed by atoms with Crippen LogP contribution in [0.15, 0.2) is 65.2 Å². The average Bonchev–Trinajstić information content (AvgIpc) is 3.67. The first kappa shape index (κ1) is 27.0. The number of amides is 1. The minimum absolute atomic E-state index is 0.0823. The Morgan fingerprint density at radius 1 is 1.00 bits per heavy atom. The Morgan fingerprint density at radius 3 is 2.39 bits per heavy atom. The number of likely N-dealkylation sites (tertiary alicyclic amines) is 2. The Balaban J connectivity index is 1.09. The summed E-state index contributed by atoms with van der Waals surface area (Å²) in [6, 6.07) is 16.0. The van der Waals surface area contributed by atoms with E-state index < -0.39 is 0 Å². The van der Waals surface area contributed by atoms with Gasteiger partial charge in [0.15, 0.2) is 11.6 Å². The number of aryl methyl sites for hydroxylation is 1. The number of pyridine rings is 1. The highest BCUT2D eigenvalue weighted by atomic mass is 19.1. The fourth-order valence-corrected chi connectivity index (χ4v) is 5.68. The molecule has 2 aliphatic rings. The monoisotopic (exact) mass is 555 g/mol. The normalized spacial score (nSPS) is 16.3. The van der Waals surface area contributed by atoms with Gasteiger partial charge < -0.3 is 24.7 Å². The first-order valence-electron chi connectivity index (χ1n) is 14.2. The SMILES string of the molecule is Cc1oc(-c2ccc(F)cc2)nc1COc1cc(-c2ccc(C(=O)N3CCC(N4CCCC4)CC3)cc2)cnc1N. The van der Waals surface area contributed by atoms with E-state index in [-0.39, 0.29) is 24.1 Å². The number of nitrogen functional groups attached to an aromatic ring is 1. The van der Waals surface area contributed by atoms with Gasteiger partial charge in [0.2, 0.25) is 5.89 Å². The van der Waals surface area contributed by atoms with Crippen LogP contribution in [-0.2, 0) is 6.61 Å². The molecule has 0 atom stereocenters. The summed E-state index contributed by atoms with van der Waals surface area (Å²) < 4.78 is 25.0. The van der Waals surface area contributed by atoms with Crippen molar-refractivity contribution in [3.8, 4) is 28.3 Å². The second kappa shape index (κ2) is 11.7. The van der Waals surface area contributed by atoms with Gasteiger partial charge in [0, 0.05) is 42.0 Å². The number of aromatic nitrogens is 2. The highest BCUT2D eigenvalue weighted by Crippen LogP contribution is 2.30. The minimum Gasteiger partial charge on any atom is -0.483 e. The van der Waals surface area contributed by atoms with Crippen molar-refractivity contribution in [2.75, 3.05) is 31.9 Å². The fraction of sp³-hybridized carbons (Fsp3) is 0.344. The molecular formula is C32H34FN5O3. The van der Waals surface area contributed by atoms with E-state index in [9.17, 15) is 9.18 Å². The molecule has 0 radical (unpaired) electrons. The van der Waals surface area contributed by atoms with Crippen LogP contribution in [0.5, 0.6) is 5.75 Å². The molecule has 2 aliphatic heterocycles. The summed E-state index contributed by atoms with van der Waals surface area (Å²) in [6.07, 6.45) is 6.37. The number of oxazole rings is 1. The molecule has 0 saturated carbocycles. The van der Waals surface area contributed by atoms with Crippen molar-refractivity contribution in [2.24, 2.45) is 0 Å². The van der Waals surface area contributed by atoms with Crippen LogP contribution in [0.3, 0.4) is 0 Å². The number of nitrogens with zero attached hydrogens (tertiary/aromatic N) is 4. The summed E-state index contributed by atoms with van der Waals surface area (Å²) in [4.78, 5) is 26.6. The lowest BCUT2D eigenvalue weighted by atomic mass is 10.0. The predicted octanol–water partition coefficient (Wildman–Crippen LogP) is 5.71. The lowest BCUT2D eigenvalue weighted by Crippen LogP contribution is -2.45. The van der Waals surface area contributed by atoms with Crippen LogP contribution in [0.2, 0.25) is 0 Å². The van der Waals surface area contributed by atoms with Crippen molar-refractivity contribution < 1.29 is 18.3 Å². The molecule has 0 spiro atoms. The maximum absolute atomic E-state index is 13.3. The van der Waals surface area contributed by atoms with Gasteiger partial charge in [-0.25, -0.2) is 14.4 Å². The Kier molecular flexibility index (Phi) is 7.69. The van der Waals surface area contributed by atoms with Gasteiger partial charge in [-0.2, -0.15) is 0 Å². The van der Waals surface area contributed by atoms with Gasteiger partial charge in [-0.05, 0) is 93.7 Å². The van der Waals surface area contributed by atoms with E-state index in [4.69, 9.17) is 14.9 Å². The standard InChI is InChI=1S/C32H34FN5O3/c1-21-28(36-31(41-21)23-8-10-26(33)11-9-23)20-40-29-18-25(19-35-30(29)34)22-4-6-24(7-5-22)32(39)38-16-12-27(13-17-38)37-14-2-3-15-37/h4-11,18-19,27H,2-3,12-17,20H2,1H3,(H2,34,35). The van der Waals surface area contributed by atoms with E-state index in [0.717, 1.165) is 37.1 Å². The fourth-order valence-electron chi connectivity index (χ4n) is 5.68. The number of halogens is 1. The van der Waals surface area contributed by atoms with Crippen molar-refractivity contribution >= 4 is 11.7 Å². The van der Waals surface area contributed by atoms with E-state index in [1.165, 1.54) is 38.1 Å². The molecule has 1 amide bonds. The zero-order valence-corrected chi connectivity index (χ0v) is 23.2. The maximum Gasteiger partial charge on any atom is 0.253 e. The van der Waals surface area contributed by atoms with Crippen LogP contribution >= 0.6 is 0 Å². The van der Waals surface area contributed by atoms with E-state index >= 15 is 0 Å². The minimum atomic E-state index is -0.322. The Hall–Kier alpha value is -4.24. The molecule has 2 saturated heterocycles. The van der Waals surface area contributed by atoms with Gasteiger partial charge >= 0.3 is 0 Å². The Labute approximate surface area is 239 Å². The number of ether oxygens (including phenoxy) is 1. The van der Waals surface area contributed by atoms with Gasteiger partial charge in [0.25, 0.3) is 5.91 Å². The molecule has 4 aromatic rings. The number of rotatable bonds is 7. The summed E-state index contributed by atoms with van der Waals surface area (Å²) in [6.45, 7) is 5.95. The van der Waals surface area contributed by atoms with Crippen molar-refractivity contribution in [1.29, 1.82) is 0 Å². The molecule has 2 aromatic heterocycles. The largest absolute Gasteiger partial charge is 0.483 e. The second-order valence-electron chi connectivity index (χ2n) is 10.8. The van der Waals surface area contributed by atoms with E-state index in [0.29, 0.717) is 40.3 Å². The molecule has 4 heterocycles. The van der Waals surface area contributed by atoms with Crippen LogP contribution in [0.25, 0.3) is 22.6 Å². The second-order valence-corrected chi connectivity index (χ2v) is 10.8. The first-order valence-corrected chi connectivity index (χ1v) is 14.2. The van der Waals surface area contributed by atoms with Crippen molar-refractivity contribution in [1.82, 2.24) is 19.8 Å². The smallest absolute Gasteiger partial charge is 0.253 e. The zero-order valence-electron chi connectivity index (χ0n) is 23.2. The quantitative estimate of drug-likeness (QED) is 0.312. The van der Waals surface area contributed by atoms with Gasteiger partial charge in [0.1, 0.15) is 23.9 Å². The highest BCUT2D eigenvalue weighted by molar-refractivity contribution is 5.94. The first-order chi connectivity index (χ1) is 19.9. The van der Waals surface area contributed by atoms with Crippen molar-refractivity contribution in [3.63, 3.8) is 0 Å². The summed E-state index contributed by atoms with van der Waals surface area (Å²) in [5.74, 6) is 1.45. The van der Waals surface area contributed by atoms with Gasteiger partial charge in [-0.15, -0.1) is 0 Å². The lowest BCUT2D eigenvalue weighted by Gasteiger charge is -2.36. The number of anilines is 1. The lowest BCUT2D eigenvalue weighted by molar-refractivity contribution is 0.0644. The van der Waals surface area contributed by atoms with Crippen molar-refractivity contribution in [2.45, 2.75) is 45.3 Å². The predicted molar refractivity (Wildman–Crippen MR) is 155 cm³/mol. The molecule has 2 fully saturated rings. The summed E-state index contributed by atoms with van der Waals surface area (Å²) >= 11 is 0. The summed E-state index contributed by atoms with van der Waals surface area (Å²) in [7, 11) is 0. The summed E-state index contributed by atoms with van der Waals surface area (Å²) in [5.41, 5.74) is 9.81. The van der Waals surface area contributed by atoms with E-state index in [2.05, 4.69) is 14.9 Å². The highest BCUT2D eigenvalue weighted by Gasteiger charge is 2.28. The third kappa shape index (κ3) is 5.95. The molecule has 8 nitrogen and oxygen atoms in total. The number of carbonyl (C=O) groups excluding carboxylic acids is 1. The average molecular weight is 556 g/mol. The van der Waals surface area contributed by atoms with Crippen LogP contribution in [0.1, 0.15) is 47.5 Å². The third-order valence-corrected chi connectivity index (χ3v) is 8.10. The third-order valence-electron chi connectivity index (χ3n) is 8.10. The maximum atomic E-state index is 13.3. The van der Waals surface area contributed by atoms with Gasteiger partial charge in [-0.3, -0.25) is 4.79 Å². The van der Waals surface area contributed by atoms with Crippen LogP contribution in [0.4, 0.5) is 10.2 Å². The molecule has 2 N–H and O–H groups in total. The van der Waals surface area contributed by atoms with E-state index in [1.54, 1.807) is 25.3 Å².